The van der Waals surface area contributed by atoms with Crippen molar-refractivity contribution in [3.63, 3.8) is 0 Å². The molecule has 2 atom stereocenters. The number of benzene rings is 4. The van der Waals surface area contributed by atoms with Crippen molar-refractivity contribution in [1.29, 1.82) is 0 Å². The zero-order valence-electron chi connectivity index (χ0n) is 26.7. The smallest absolute Gasteiger partial charge is 0.169 e. The second-order valence-electron chi connectivity index (χ2n) is 11.8. The molecule has 0 saturated carbocycles. The van der Waals surface area contributed by atoms with Crippen molar-refractivity contribution in [2.75, 3.05) is 48.6 Å². The van der Waals surface area contributed by atoms with Crippen molar-refractivity contribution in [3.8, 4) is 40.2 Å². The van der Waals surface area contributed by atoms with E-state index in [0.29, 0.717) is 11.5 Å². The fourth-order valence-corrected chi connectivity index (χ4v) is 6.65. The summed E-state index contributed by atoms with van der Waals surface area (Å²) >= 11 is 0. The number of fused-ring (bicyclic) bond motifs is 2. The molecular formula is C37H42N2O6. The van der Waals surface area contributed by atoms with Crippen LogP contribution in [0, 0.1) is 0 Å². The van der Waals surface area contributed by atoms with E-state index in [4.69, 9.17) is 23.7 Å². The Balaban J connectivity index is 1.17. The summed E-state index contributed by atoms with van der Waals surface area (Å²) in [4.78, 5) is 2.39. The maximum absolute atomic E-state index is 10.7. The van der Waals surface area contributed by atoms with Crippen LogP contribution in [0.2, 0.25) is 0 Å². The summed E-state index contributed by atoms with van der Waals surface area (Å²) < 4.78 is 28.6. The van der Waals surface area contributed by atoms with Crippen LogP contribution in [-0.4, -0.2) is 58.6 Å². The molecule has 2 N–H and O–H groups in total. The molecule has 0 bridgehead atoms. The Morgan fingerprint density at radius 2 is 1.44 bits per heavy atom. The fraction of sp³-hybridized carbons (Fsp3) is 0.351. The molecule has 236 valence electrons. The normalized spacial score (nSPS) is 17.6. The number of hydrogen-bond acceptors (Lipinski definition) is 8. The van der Waals surface area contributed by atoms with Crippen LogP contribution in [0.15, 0.2) is 66.7 Å². The molecule has 4 aromatic carbocycles. The summed E-state index contributed by atoms with van der Waals surface area (Å²) in [6, 6.07) is 22.3. The molecule has 2 aliphatic heterocycles. The van der Waals surface area contributed by atoms with Crippen molar-refractivity contribution in [1.82, 2.24) is 10.2 Å². The molecule has 0 radical (unpaired) electrons. The summed E-state index contributed by atoms with van der Waals surface area (Å²) in [7, 11) is 8.90. The molecular weight excluding hydrogens is 568 g/mol. The molecule has 0 fully saturated rings. The molecule has 0 aliphatic carbocycles. The summed E-state index contributed by atoms with van der Waals surface area (Å²) in [6.45, 7) is 1.84. The Hall–Kier alpha value is -4.40. The van der Waals surface area contributed by atoms with Crippen LogP contribution in [0.1, 0.15) is 45.5 Å². The van der Waals surface area contributed by atoms with E-state index < -0.39 is 0 Å². The number of ether oxygens (including phenoxy) is 5. The van der Waals surface area contributed by atoms with E-state index in [-0.39, 0.29) is 17.8 Å². The zero-order valence-corrected chi connectivity index (χ0v) is 26.7. The number of aromatic hydroxyl groups is 1. The van der Waals surface area contributed by atoms with Crippen LogP contribution in [-0.2, 0) is 25.7 Å². The predicted molar refractivity (Wildman–Crippen MR) is 175 cm³/mol. The molecule has 8 nitrogen and oxygen atoms in total. The fourth-order valence-electron chi connectivity index (χ4n) is 6.65. The number of nitrogens with one attached hydrogen (secondary N) is 1. The molecule has 4 aromatic rings. The van der Waals surface area contributed by atoms with Crippen molar-refractivity contribution in [3.05, 3.63) is 100 Å². The highest BCUT2D eigenvalue weighted by Gasteiger charge is 2.28. The molecule has 0 aromatic heterocycles. The summed E-state index contributed by atoms with van der Waals surface area (Å²) in [6.07, 6.45) is 3.45. The van der Waals surface area contributed by atoms with Gasteiger partial charge in [-0.1, -0.05) is 18.2 Å². The van der Waals surface area contributed by atoms with Gasteiger partial charge < -0.3 is 34.1 Å². The minimum absolute atomic E-state index is 0.105. The second-order valence-corrected chi connectivity index (χ2v) is 11.8. The minimum atomic E-state index is 0.105. The van der Waals surface area contributed by atoms with Crippen LogP contribution in [0.25, 0.3) is 0 Å². The van der Waals surface area contributed by atoms with Crippen molar-refractivity contribution < 1.29 is 28.8 Å². The number of nitrogens with zero attached hydrogens (tertiary/aromatic N) is 1. The maximum atomic E-state index is 10.7. The Bertz CT molecular complexity index is 1650. The van der Waals surface area contributed by atoms with E-state index >= 15 is 0 Å². The molecule has 8 heteroatoms. The Morgan fingerprint density at radius 3 is 2.18 bits per heavy atom. The van der Waals surface area contributed by atoms with Gasteiger partial charge in [0, 0.05) is 30.3 Å². The number of hydrogen-bond donors (Lipinski definition) is 2. The minimum Gasteiger partial charge on any atom is -0.504 e. The van der Waals surface area contributed by atoms with Gasteiger partial charge in [0.1, 0.15) is 17.2 Å². The van der Waals surface area contributed by atoms with Gasteiger partial charge >= 0.3 is 0 Å². The first-order chi connectivity index (χ1) is 21.9. The highest BCUT2D eigenvalue weighted by Crippen LogP contribution is 2.40. The lowest BCUT2D eigenvalue weighted by Gasteiger charge is -2.35. The molecule has 0 amide bonds. The number of phenolic OH excluding ortho intramolecular Hbond substituents is 1. The zero-order chi connectivity index (χ0) is 31.5. The summed E-state index contributed by atoms with van der Waals surface area (Å²) in [5, 5.41) is 14.3. The van der Waals surface area contributed by atoms with E-state index in [1.54, 1.807) is 34.5 Å². The van der Waals surface area contributed by atoms with E-state index in [1.807, 2.05) is 30.3 Å². The highest BCUT2D eigenvalue weighted by atomic mass is 16.5. The van der Waals surface area contributed by atoms with E-state index in [1.165, 1.54) is 27.8 Å². The maximum Gasteiger partial charge on any atom is 0.169 e. The first-order valence-electron chi connectivity index (χ1n) is 15.4. The number of rotatable bonds is 10. The van der Waals surface area contributed by atoms with Gasteiger partial charge in [0.05, 0.1) is 28.4 Å². The lowest BCUT2D eigenvalue weighted by molar-refractivity contribution is 0.225. The highest BCUT2D eigenvalue weighted by molar-refractivity contribution is 5.52. The first-order valence-corrected chi connectivity index (χ1v) is 15.4. The average molecular weight is 611 g/mol. The number of methoxy groups -OCH3 is 4. The van der Waals surface area contributed by atoms with E-state index in [2.05, 4.69) is 47.6 Å². The molecule has 0 unspecified atom stereocenters. The van der Waals surface area contributed by atoms with Gasteiger partial charge in [-0.05, 0) is 110 Å². The standard InChI is InChI=1S/C37H42N2O6/c1-39-15-13-28-30(20-27(41-2)21-34(28)42-3)32(39)17-23-6-9-26(10-7-23)45-35-18-24(8-11-33(35)40)16-31-29-22-37(44-5)36(43-4)19-25(29)12-14-38-31/h6-11,18-22,31-32,38,40H,12-17H2,1-5H3/t31-,32-/m1/s1. The SMILES string of the molecule is COc1cc(OC)c2c(c1)[C@@H](Cc1ccc(Oc3cc(C[C@H]4NCCc5cc(OC)c(OC)cc54)ccc3O)cc1)N(C)CC2. The van der Waals surface area contributed by atoms with E-state index in [0.717, 1.165) is 67.3 Å². The van der Waals surface area contributed by atoms with Gasteiger partial charge in [-0.25, -0.2) is 0 Å². The van der Waals surface area contributed by atoms with Gasteiger partial charge in [-0.2, -0.15) is 0 Å². The van der Waals surface area contributed by atoms with E-state index in [9.17, 15) is 5.11 Å². The predicted octanol–water partition coefficient (Wildman–Crippen LogP) is 6.42. The average Bonchev–Trinajstić information content (AvgIpc) is 3.07. The van der Waals surface area contributed by atoms with Crippen molar-refractivity contribution in [2.45, 2.75) is 37.8 Å². The van der Waals surface area contributed by atoms with Crippen molar-refractivity contribution >= 4 is 0 Å². The molecule has 0 spiro atoms. The third-order valence-electron chi connectivity index (χ3n) is 9.13. The molecule has 2 heterocycles. The first kappa shape index (κ1) is 30.6. The van der Waals surface area contributed by atoms with Crippen LogP contribution < -0.4 is 29.0 Å². The molecule has 45 heavy (non-hydrogen) atoms. The van der Waals surface area contributed by atoms with Crippen molar-refractivity contribution in [2.24, 2.45) is 0 Å². The summed E-state index contributed by atoms with van der Waals surface area (Å²) in [5.74, 6) is 4.38. The Kier molecular flexibility index (Phi) is 9.05. The van der Waals surface area contributed by atoms with Gasteiger partial charge in [-0.15, -0.1) is 0 Å². The Morgan fingerprint density at radius 1 is 0.711 bits per heavy atom. The summed E-state index contributed by atoms with van der Waals surface area (Å²) in [5.41, 5.74) is 7.21. The van der Waals surface area contributed by atoms with Gasteiger partial charge in [0.2, 0.25) is 0 Å². The molecule has 0 saturated heterocycles. The topological polar surface area (TPSA) is 81.7 Å². The lowest BCUT2D eigenvalue weighted by atomic mass is 9.88. The van der Waals surface area contributed by atoms with Gasteiger partial charge in [0.15, 0.2) is 23.0 Å². The van der Waals surface area contributed by atoms with Crippen LogP contribution in [0.5, 0.6) is 40.2 Å². The van der Waals surface area contributed by atoms with Crippen LogP contribution in [0.4, 0.5) is 0 Å². The number of likely N-dealkylation sites (N-methyl/N-ethyl adjacent to an activating group) is 1. The van der Waals surface area contributed by atoms with Gasteiger partial charge in [0.25, 0.3) is 0 Å². The quantitative estimate of drug-likeness (QED) is 0.213. The Labute approximate surface area is 265 Å². The monoisotopic (exact) mass is 610 g/mol. The molecule has 6 rings (SSSR count). The second kappa shape index (κ2) is 13.3. The van der Waals surface area contributed by atoms with Gasteiger partial charge in [-0.3, -0.25) is 4.90 Å². The lowest BCUT2D eigenvalue weighted by Crippen LogP contribution is -2.33. The van der Waals surface area contributed by atoms with Crippen LogP contribution in [0.3, 0.4) is 0 Å². The third kappa shape index (κ3) is 6.39. The third-order valence-corrected chi connectivity index (χ3v) is 9.13. The number of phenols is 1. The largest absolute Gasteiger partial charge is 0.504 e. The molecule has 2 aliphatic rings. The van der Waals surface area contributed by atoms with Crippen LogP contribution >= 0.6 is 0 Å².